The van der Waals surface area contributed by atoms with Gasteiger partial charge in [-0.05, 0) is 31.5 Å². The zero-order valence-electron chi connectivity index (χ0n) is 12.9. The maximum atomic E-state index is 12.0. The average Bonchev–Trinajstić information content (AvgIpc) is 2.36. The van der Waals surface area contributed by atoms with Crippen LogP contribution in [0.4, 0.5) is 0 Å². The minimum absolute atomic E-state index is 0.0672. The minimum atomic E-state index is -0.0672. The standard InChI is InChI=1S/C16H23N3O/c1-11(16(2,3)4)19(5)10-14-17-13-9-7-6-8-12(13)15(20)18-14/h6-9,11H,10H2,1-5H3,(H,17,18,20). The molecule has 108 valence electrons. The lowest BCUT2D eigenvalue weighted by atomic mass is 9.87. The van der Waals surface area contributed by atoms with Gasteiger partial charge in [-0.15, -0.1) is 0 Å². The van der Waals surface area contributed by atoms with E-state index in [0.717, 1.165) is 5.52 Å². The van der Waals surface area contributed by atoms with E-state index in [-0.39, 0.29) is 11.0 Å². The lowest BCUT2D eigenvalue weighted by molar-refractivity contribution is 0.132. The molecule has 0 bridgehead atoms. The van der Waals surface area contributed by atoms with Crippen LogP contribution in [0.2, 0.25) is 0 Å². The highest BCUT2D eigenvalue weighted by atomic mass is 16.1. The van der Waals surface area contributed by atoms with Gasteiger partial charge >= 0.3 is 0 Å². The summed E-state index contributed by atoms with van der Waals surface area (Å²) in [7, 11) is 2.06. The van der Waals surface area contributed by atoms with Crippen LogP contribution in [0.3, 0.4) is 0 Å². The van der Waals surface area contributed by atoms with Crippen LogP contribution >= 0.6 is 0 Å². The van der Waals surface area contributed by atoms with Crippen molar-refractivity contribution in [2.75, 3.05) is 7.05 Å². The molecular weight excluding hydrogens is 250 g/mol. The number of fused-ring (bicyclic) bond motifs is 1. The molecule has 2 aromatic rings. The first-order chi connectivity index (χ1) is 9.29. The third kappa shape index (κ3) is 3.07. The highest BCUT2D eigenvalue weighted by Gasteiger charge is 2.24. The lowest BCUT2D eigenvalue weighted by Crippen LogP contribution is -2.39. The number of aromatic amines is 1. The van der Waals surface area contributed by atoms with Gasteiger partial charge in [-0.3, -0.25) is 9.69 Å². The van der Waals surface area contributed by atoms with Gasteiger partial charge in [0.15, 0.2) is 0 Å². The predicted octanol–water partition coefficient (Wildman–Crippen LogP) is 2.79. The molecule has 20 heavy (non-hydrogen) atoms. The normalized spacial score (nSPS) is 13.9. The number of para-hydroxylation sites is 1. The van der Waals surface area contributed by atoms with Gasteiger partial charge in [-0.2, -0.15) is 0 Å². The first kappa shape index (κ1) is 14.7. The van der Waals surface area contributed by atoms with Gasteiger partial charge in [0, 0.05) is 6.04 Å². The Kier molecular flexibility index (Phi) is 3.95. The van der Waals surface area contributed by atoms with Crippen molar-refractivity contribution in [2.45, 2.75) is 40.3 Å². The lowest BCUT2D eigenvalue weighted by Gasteiger charge is -2.35. The van der Waals surface area contributed by atoms with E-state index in [1.165, 1.54) is 0 Å². The average molecular weight is 273 g/mol. The van der Waals surface area contributed by atoms with E-state index in [4.69, 9.17) is 0 Å². The third-order valence-electron chi connectivity index (χ3n) is 3.98. The number of hydrogen-bond acceptors (Lipinski definition) is 3. The fraction of sp³-hybridized carbons (Fsp3) is 0.500. The molecule has 0 radical (unpaired) electrons. The summed E-state index contributed by atoms with van der Waals surface area (Å²) in [6.45, 7) is 9.47. The van der Waals surface area contributed by atoms with Gasteiger partial charge in [0.25, 0.3) is 5.56 Å². The molecule has 1 unspecified atom stereocenters. The number of nitrogens with zero attached hydrogens (tertiary/aromatic N) is 2. The molecule has 2 rings (SSSR count). The number of nitrogens with one attached hydrogen (secondary N) is 1. The molecular formula is C16H23N3O. The quantitative estimate of drug-likeness (QED) is 0.935. The number of H-pyrrole nitrogens is 1. The van der Waals surface area contributed by atoms with E-state index < -0.39 is 0 Å². The van der Waals surface area contributed by atoms with Gasteiger partial charge in [-0.1, -0.05) is 32.9 Å². The van der Waals surface area contributed by atoms with E-state index in [1.54, 1.807) is 6.07 Å². The smallest absolute Gasteiger partial charge is 0.258 e. The summed E-state index contributed by atoms with van der Waals surface area (Å²) in [6, 6.07) is 7.82. The maximum absolute atomic E-state index is 12.0. The summed E-state index contributed by atoms with van der Waals surface area (Å²) in [5.74, 6) is 0.715. The first-order valence-electron chi connectivity index (χ1n) is 6.97. The fourth-order valence-electron chi connectivity index (χ4n) is 2.24. The van der Waals surface area contributed by atoms with E-state index in [1.807, 2.05) is 18.2 Å². The Morgan fingerprint density at radius 3 is 2.60 bits per heavy atom. The molecule has 0 aliphatic rings. The summed E-state index contributed by atoms with van der Waals surface area (Å²) in [5, 5.41) is 0.641. The molecule has 0 aliphatic heterocycles. The molecule has 0 saturated carbocycles. The van der Waals surface area contributed by atoms with Crippen molar-refractivity contribution in [1.82, 2.24) is 14.9 Å². The molecule has 0 spiro atoms. The molecule has 1 aromatic carbocycles. The van der Waals surface area contributed by atoms with Crippen molar-refractivity contribution in [1.29, 1.82) is 0 Å². The molecule has 1 heterocycles. The molecule has 1 aromatic heterocycles. The van der Waals surface area contributed by atoms with Crippen LogP contribution in [0.15, 0.2) is 29.1 Å². The highest BCUT2D eigenvalue weighted by molar-refractivity contribution is 5.77. The van der Waals surface area contributed by atoms with Crippen molar-refractivity contribution in [2.24, 2.45) is 5.41 Å². The van der Waals surface area contributed by atoms with Crippen LogP contribution in [0.5, 0.6) is 0 Å². The molecule has 0 saturated heterocycles. The van der Waals surface area contributed by atoms with Gasteiger partial charge < -0.3 is 4.98 Å². The molecule has 4 heteroatoms. The van der Waals surface area contributed by atoms with Crippen molar-refractivity contribution in [3.63, 3.8) is 0 Å². The topological polar surface area (TPSA) is 49.0 Å². The fourth-order valence-corrected chi connectivity index (χ4v) is 2.24. The molecule has 1 atom stereocenters. The molecule has 4 nitrogen and oxygen atoms in total. The Hall–Kier alpha value is -1.68. The van der Waals surface area contributed by atoms with Gasteiger partial charge in [0.2, 0.25) is 0 Å². The summed E-state index contributed by atoms with van der Waals surface area (Å²) in [6.07, 6.45) is 0. The van der Waals surface area contributed by atoms with Crippen LogP contribution in [0, 0.1) is 5.41 Å². The van der Waals surface area contributed by atoms with Crippen LogP contribution in [0.25, 0.3) is 10.9 Å². The van der Waals surface area contributed by atoms with Crippen LogP contribution in [-0.4, -0.2) is 28.0 Å². The Morgan fingerprint density at radius 1 is 1.30 bits per heavy atom. The molecule has 0 fully saturated rings. The number of rotatable bonds is 3. The maximum Gasteiger partial charge on any atom is 0.258 e. The monoisotopic (exact) mass is 273 g/mol. The van der Waals surface area contributed by atoms with Crippen molar-refractivity contribution < 1.29 is 0 Å². The van der Waals surface area contributed by atoms with E-state index in [0.29, 0.717) is 23.8 Å². The molecule has 0 aliphatic carbocycles. The summed E-state index contributed by atoms with van der Waals surface area (Å²) in [5.41, 5.74) is 0.872. The number of benzene rings is 1. The Morgan fingerprint density at radius 2 is 1.95 bits per heavy atom. The SMILES string of the molecule is CC(N(C)Cc1nc2ccccc2c(=O)[nH]1)C(C)(C)C. The highest BCUT2D eigenvalue weighted by Crippen LogP contribution is 2.23. The molecule has 0 amide bonds. The van der Waals surface area contributed by atoms with Crippen molar-refractivity contribution in [3.05, 3.63) is 40.4 Å². The Labute approximate surface area is 119 Å². The molecule has 1 N–H and O–H groups in total. The van der Waals surface area contributed by atoms with Gasteiger partial charge in [-0.25, -0.2) is 4.98 Å². The minimum Gasteiger partial charge on any atom is -0.309 e. The van der Waals surface area contributed by atoms with Crippen molar-refractivity contribution in [3.8, 4) is 0 Å². The van der Waals surface area contributed by atoms with E-state index in [2.05, 4.69) is 49.6 Å². The summed E-state index contributed by atoms with van der Waals surface area (Å²) < 4.78 is 0. The first-order valence-corrected chi connectivity index (χ1v) is 6.97. The van der Waals surface area contributed by atoms with Crippen molar-refractivity contribution >= 4 is 10.9 Å². The number of hydrogen-bond donors (Lipinski definition) is 1. The Bertz CT molecular complexity index is 655. The van der Waals surface area contributed by atoms with E-state index >= 15 is 0 Å². The summed E-state index contributed by atoms with van der Waals surface area (Å²) >= 11 is 0. The van der Waals surface area contributed by atoms with Crippen LogP contribution in [0.1, 0.15) is 33.5 Å². The second kappa shape index (κ2) is 5.37. The van der Waals surface area contributed by atoms with Gasteiger partial charge in [0.05, 0.1) is 17.4 Å². The van der Waals surface area contributed by atoms with Crippen LogP contribution < -0.4 is 5.56 Å². The summed E-state index contributed by atoms with van der Waals surface area (Å²) in [4.78, 5) is 21.7. The zero-order valence-corrected chi connectivity index (χ0v) is 12.9. The van der Waals surface area contributed by atoms with Crippen LogP contribution in [-0.2, 0) is 6.54 Å². The Balaban J connectivity index is 2.29. The number of aromatic nitrogens is 2. The zero-order chi connectivity index (χ0) is 14.9. The second-order valence-corrected chi connectivity index (χ2v) is 6.49. The van der Waals surface area contributed by atoms with Gasteiger partial charge in [0.1, 0.15) is 5.82 Å². The largest absolute Gasteiger partial charge is 0.309 e. The second-order valence-electron chi connectivity index (χ2n) is 6.49. The predicted molar refractivity (Wildman–Crippen MR) is 82.7 cm³/mol. The van der Waals surface area contributed by atoms with E-state index in [9.17, 15) is 4.79 Å². The third-order valence-corrected chi connectivity index (χ3v) is 3.98.